The normalized spacial score (nSPS) is 23.7. The molecule has 130 valence electrons. The molecule has 2 aliphatic rings. The Labute approximate surface area is 145 Å². The van der Waals surface area contributed by atoms with E-state index in [0.29, 0.717) is 44.2 Å². The van der Waals surface area contributed by atoms with Crippen molar-refractivity contribution in [3.63, 3.8) is 0 Å². The van der Waals surface area contributed by atoms with Crippen LogP contribution in [0.2, 0.25) is 5.02 Å². The van der Waals surface area contributed by atoms with Gasteiger partial charge in [-0.3, -0.25) is 9.59 Å². The van der Waals surface area contributed by atoms with Crippen molar-refractivity contribution in [2.75, 3.05) is 32.9 Å². The summed E-state index contributed by atoms with van der Waals surface area (Å²) < 4.78 is 10.8. The summed E-state index contributed by atoms with van der Waals surface area (Å²) in [6.45, 7) is 1.92. The van der Waals surface area contributed by atoms with Crippen LogP contribution < -0.4 is 5.73 Å². The van der Waals surface area contributed by atoms with Gasteiger partial charge < -0.3 is 20.1 Å². The Kier molecular flexibility index (Phi) is 5.08. The van der Waals surface area contributed by atoms with Gasteiger partial charge in [-0.25, -0.2) is 0 Å². The summed E-state index contributed by atoms with van der Waals surface area (Å²) in [7, 11) is 0. The van der Waals surface area contributed by atoms with E-state index in [9.17, 15) is 9.59 Å². The number of amides is 2. The molecule has 2 aliphatic heterocycles. The lowest BCUT2D eigenvalue weighted by atomic mass is 9.72. The van der Waals surface area contributed by atoms with Crippen molar-refractivity contribution in [2.24, 2.45) is 5.73 Å². The topological polar surface area (TPSA) is 81.9 Å². The minimum Gasteiger partial charge on any atom is -0.381 e. The van der Waals surface area contributed by atoms with Crippen LogP contribution in [0.1, 0.15) is 18.4 Å². The first-order valence-corrected chi connectivity index (χ1v) is 8.45. The van der Waals surface area contributed by atoms with Crippen molar-refractivity contribution in [3.8, 4) is 0 Å². The summed E-state index contributed by atoms with van der Waals surface area (Å²) in [6, 6.07) is 7.43. The van der Waals surface area contributed by atoms with Crippen LogP contribution in [0, 0.1) is 0 Å². The summed E-state index contributed by atoms with van der Waals surface area (Å²) in [5.74, 6) is -0.584. The number of morpholine rings is 1. The molecule has 2 heterocycles. The van der Waals surface area contributed by atoms with Crippen molar-refractivity contribution < 1.29 is 19.1 Å². The lowest BCUT2D eigenvalue weighted by Gasteiger charge is -2.42. The lowest BCUT2D eigenvalue weighted by Crippen LogP contribution is -2.56. The Hall–Kier alpha value is -1.63. The molecule has 7 heteroatoms. The Bertz CT molecular complexity index is 631. The van der Waals surface area contributed by atoms with Gasteiger partial charge in [0.15, 0.2) is 6.10 Å². The zero-order valence-corrected chi connectivity index (χ0v) is 14.1. The molecule has 1 atom stereocenters. The van der Waals surface area contributed by atoms with Gasteiger partial charge in [0.2, 0.25) is 11.8 Å². The predicted octanol–water partition coefficient (Wildman–Crippen LogP) is 1.10. The SMILES string of the molecule is NC(=O)C1CN(C(=O)C2(c3ccccc3Cl)CCOCC2)CCO1. The fourth-order valence-electron chi connectivity index (χ4n) is 3.48. The van der Waals surface area contributed by atoms with Gasteiger partial charge in [0.25, 0.3) is 0 Å². The predicted molar refractivity (Wildman–Crippen MR) is 88.7 cm³/mol. The number of ether oxygens (including phenoxy) is 2. The van der Waals surface area contributed by atoms with Crippen molar-refractivity contribution in [2.45, 2.75) is 24.4 Å². The number of nitrogens with zero attached hydrogens (tertiary/aromatic N) is 1. The third kappa shape index (κ3) is 3.14. The van der Waals surface area contributed by atoms with Gasteiger partial charge in [-0.2, -0.15) is 0 Å². The minimum atomic E-state index is -0.758. The van der Waals surface area contributed by atoms with E-state index in [1.807, 2.05) is 18.2 Å². The monoisotopic (exact) mass is 352 g/mol. The zero-order chi connectivity index (χ0) is 17.2. The number of hydrogen-bond acceptors (Lipinski definition) is 4. The van der Waals surface area contributed by atoms with E-state index in [2.05, 4.69) is 0 Å². The highest BCUT2D eigenvalue weighted by Gasteiger charge is 2.46. The highest BCUT2D eigenvalue weighted by atomic mass is 35.5. The Morgan fingerprint density at radius 3 is 2.58 bits per heavy atom. The largest absolute Gasteiger partial charge is 0.381 e. The summed E-state index contributed by atoms with van der Waals surface area (Å²) in [5.41, 5.74) is 5.43. The highest BCUT2D eigenvalue weighted by molar-refractivity contribution is 6.31. The van der Waals surface area contributed by atoms with E-state index in [0.717, 1.165) is 5.56 Å². The maximum atomic E-state index is 13.4. The van der Waals surface area contributed by atoms with Gasteiger partial charge in [-0.15, -0.1) is 0 Å². The summed E-state index contributed by atoms with van der Waals surface area (Å²) in [6.07, 6.45) is 0.369. The maximum Gasteiger partial charge on any atom is 0.248 e. The minimum absolute atomic E-state index is 0.0338. The van der Waals surface area contributed by atoms with Crippen LogP contribution in [0.5, 0.6) is 0 Å². The van der Waals surface area contributed by atoms with Gasteiger partial charge in [-0.1, -0.05) is 29.8 Å². The molecule has 0 aromatic heterocycles. The third-order valence-electron chi connectivity index (χ3n) is 4.82. The van der Waals surface area contributed by atoms with E-state index in [4.69, 9.17) is 26.8 Å². The molecule has 6 nitrogen and oxygen atoms in total. The molecule has 1 unspecified atom stereocenters. The maximum absolute atomic E-state index is 13.4. The van der Waals surface area contributed by atoms with Crippen LogP contribution in [0.3, 0.4) is 0 Å². The zero-order valence-electron chi connectivity index (χ0n) is 13.4. The molecule has 0 spiro atoms. The number of halogens is 1. The number of carbonyl (C=O) groups excluding carboxylic acids is 2. The molecule has 0 aliphatic carbocycles. The lowest BCUT2D eigenvalue weighted by molar-refractivity contribution is -0.152. The van der Waals surface area contributed by atoms with Crippen molar-refractivity contribution in [1.29, 1.82) is 0 Å². The molecule has 0 bridgehead atoms. The van der Waals surface area contributed by atoms with E-state index in [1.54, 1.807) is 11.0 Å². The first-order valence-electron chi connectivity index (χ1n) is 8.08. The van der Waals surface area contributed by atoms with Gasteiger partial charge in [0.05, 0.1) is 18.6 Å². The molecule has 3 rings (SSSR count). The second-order valence-electron chi connectivity index (χ2n) is 6.19. The van der Waals surface area contributed by atoms with Gasteiger partial charge >= 0.3 is 0 Å². The molecule has 2 saturated heterocycles. The molecule has 1 aromatic rings. The van der Waals surface area contributed by atoms with Gasteiger partial charge in [0.1, 0.15) is 0 Å². The van der Waals surface area contributed by atoms with Crippen molar-refractivity contribution in [1.82, 2.24) is 4.90 Å². The Morgan fingerprint density at radius 2 is 1.92 bits per heavy atom. The molecule has 0 saturated carbocycles. The first-order chi connectivity index (χ1) is 11.5. The fourth-order valence-corrected chi connectivity index (χ4v) is 3.79. The number of rotatable bonds is 3. The van der Waals surface area contributed by atoms with Crippen molar-refractivity contribution >= 4 is 23.4 Å². The van der Waals surface area contributed by atoms with E-state index < -0.39 is 17.4 Å². The van der Waals surface area contributed by atoms with Crippen LogP contribution in [0.25, 0.3) is 0 Å². The van der Waals surface area contributed by atoms with Gasteiger partial charge in [-0.05, 0) is 24.5 Å². The molecule has 1 aromatic carbocycles. The molecule has 24 heavy (non-hydrogen) atoms. The van der Waals surface area contributed by atoms with E-state index >= 15 is 0 Å². The average Bonchev–Trinajstić information content (AvgIpc) is 2.62. The second kappa shape index (κ2) is 7.09. The fraction of sp³-hybridized carbons (Fsp3) is 0.529. The standard InChI is InChI=1S/C17H21ClN2O4/c18-13-4-2-1-3-12(13)17(5-8-23-9-6-17)16(22)20-7-10-24-14(11-20)15(19)21/h1-4,14H,5-11H2,(H2,19,21). The van der Waals surface area contributed by atoms with Crippen LogP contribution in [-0.4, -0.2) is 55.7 Å². The number of hydrogen-bond donors (Lipinski definition) is 1. The van der Waals surface area contributed by atoms with Crippen molar-refractivity contribution in [3.05, 3.63) is 34.9 Å². The number of benzene rings is 1. The van der Waals surface area contributed by atoms with Gasteiger partial charge in [0, 0.05) is 24.8 Å². The van der Waals surface area contributed by atoms with E-state index in [-0.39, 0.29) is 12.5 Å². The van der Waals surface area contributed by atoms with Crippen LogP contribution >= 0.6 is 11.6 Å². The first kappa shape index (κ1) is 17.2. The number of nitrogens with two attached hydrogens (primary N) is 1. The van der Waals surface area contributed by atoms with E-state index in [1.165, 1.54) is 0 Å². The molecule has 2 fully saturated rings. The van der Waals surface area contributed by atoms with Crippen LogP contribution in [0.15, 0.2) is 24.3 Å². The van der Waals surface area contributed by atoms with Crippen LogP contribution in [-0.2, 0) is 24.5 Å². The van der Waals surface area contributed by atoms with Crippen LogP contribution in [0.4, 0.5) is 0 Å². The molecule has 0 radical (unpaired) electrons. The molecular formula is C17H21ClN2O4. The number of carbonyl (C=O) groups is 2. The molecule has 2 amide bonds. The highest BCUT2D eigenvalue weighted by Crippen LogP contribution is 2.40. The Balaban J connectivity index is 1.93. The third-order valence-corrected chi connectivity index (χ3v) is 5.15. The average molecular weight is 353 g/mol. The smallest absolute Gasteiger partial charge is 0.248 e. The quantitative estimate of drug-likeness (QED) is 0.883. The summed E-state index contributed by atoms with van der Waals surface area (Å²) in [4.78, 5) is 26.5. The summed E-state index contributed by atoms with van der Waals surface area (Å²) in [5, 5.41) is 0.576. The molecular weight excluding hydrogens is 332 g/mol. The second-order valence-corrected chi connectivity index (χ2v) is 6.59. The molecule has 2 N–H and O–H groups in total. The number of primary amides is 1. The Morgan fingerprint density at radius 1 is 1.21 bits per heavy atom. The summed E-state index contributed by atoms with van der Waals surface area (Å²) >= 11 is 6.40.